The zero-order valence-corrected chi connectivity index (χ0v) is 9.12. The van der Waals surface area contributed by atoms with Crippen molar-refractivity contribution in [2.24, 2.45) is 5.73 Å². The largest absolute Gasteiger partial charge is 0.353 e. The minimum atomic E-state index is -0.276. The topological polar surface area (TPSA) is 42.1 Å². The number of halogens is 1. The first kappa shape index (κ1) is 11.9. The van der Waals surface area contributed by atoms with Crippen LogP contribution in [0.3, 0.4) is 0 Å². The normalized spacial score (nSPS) is 10.3. The van der Waals surface area contributed by atoms with Gasteiger partial charge in [0.15, 0.2) is 11.6 Å². The minimum absolute atomic E-state index is 0.276. The van der Waals surface area contributed by atoms with E-state index in [1.807, 2.05) is 4.90 Å². The summed E-state index contributed by atoms with van der Waals surface area (Å²) >= 11 is 0. The molecule has 1 heterocycles. The zero-order valence-electron chi connectivity index (χ0n) is 9.12. The Labute approximate surface area is 90.1 Å². The molecule has 1 aromatic heterocycles. The molecule has 0 aliphatic carbocycles. The minimum Gasteiger partial charge on any atom is -0.353 e. The van der Waals surface area contributed by atoms with Gasteiger partial charge in [0.05, 0.1) is 0 Å². The van der Waals surface area contributed by atoms with E-state index in [2.05, 4.69) is 11.9 Å². The highest BCUT2D eigenvalue weighted by Gasteiger charge is 2.10. The van der Waals surface area contributed by atoms with Gasteiger partial charge in [0, 0.05) is 25.8 Å². The first-order valence-corrected chi connectivity index (χ1v) is 5.35. The van der Waals surface area contributed by atoms with Gasteiger partial charge in [-0.25, -0.2) is 9.37 Å². The zero-order chi connectivity index (χ0) is 11.1. The summed E-state index contributed by atoms with van der Waals surface area (Å²) in [5.41, 5.74) is 5.50. The summed E-state index contributed by atoms with van der Waals surface area (Å²) in [6.45, 7) is 4.07. The summed E-state index contributed by atoms with van der Waals surface area (Å²) in [6.07, 6.45) is 3.71. The van der Waals surface area contributed by atoms with Crippen molar-refractivity contribution < 1.29 is 4.39 Å². The van der Waals surface area contributed by atoms with E-state index in [-0.39, 0.29) is 5.82 Å². The third-order valence-electron chi connectivity index (χ3n) is 2.22. The molecule has 0 bridgehead atoms. The predicted molar refractivity (Wildman–Crippen MR) is 60.4 cm³/mol. The molecule has 0 unspecified atom stereocenters. The van der Waals surface area contributed by atoms with Crippen molar-refractivity contribution in [3.05, 3.63) is 24.1 Å². The molecule has 3 nitrogen and oxygen atoms in total. The van der Waals surface area contributed by atoms with Crippen molar-refractivity contribution in [1.82, 2.24) is 4.98 Å². The van der Waals surface area contributed by atoms with Gasteiger partial charge in [-0.1, -0.05) is 13.3 Å². The average molecular weight is 211 g/mol. The fourth-order valence-electron chi connectivity index (χ4n) is 1.44. The first-order valence-electron chi connectivity index (χ1n) is 5.35. The summed E-state index contributed by atoms with van der Waals surface area (Å²) in [6, 6.07) is 3.02. The van der Waals surface area contributed by atoms with Crippen LogP contribution in [0.1, 0.15) is 19.8 Å². The number of nitrogens with two attached hydrogens (primary N) is 1. The van der Waals surface area contributed by atoms with Crippen molar-refractivity contribution in [3.8, 4) is 0 Å². The number of hydrogen-bond donors (Lipinski definition) is 1. The molecule has 0 saturated carbocycles. The molecule has 0 aromatic carbocycles. The summed E-state index contributed by atoms with van der Waals surface area (Å²) in [5.74, 6) is 0.137. The van der Waals surface area contributed by atoms with E-state index in [1.54, 1.807) is 12.3 Å². The van der Waals surface area contributed by atoms with Crippen LogP contribution >= 0.6 is 0 Å². The average Bonchev–Trinajstić information content (AvgIpc) is 2.25. The van der Waals surface area contributed by atoms with Gasteiger partial charge in [-0.2, -0.15) is 0 Å². The molecule has 0 atom stereocenters. The maximum atomic E-state index is 13.4. The summed E-state index contributed by atoms with van der Waals surface area (Å²) < 4.78 is 13.4. The third-order valence-corrected chi connectivity index (χ3v) is 2.22. The van der Waals surface area contributed by atoms with E-state index in [0.717, 1.165) is 19.4 Å². The third kappa shape index (κ3) is 3.47. The number of nitrogens with zero attached hydrogens (tertiary/aromatic N) is 2. The van der Waals surface area contributed by atoms with E-state index in [0.29, 0.717) is 18.9 Å². The lowest BCUT2D eigenvalue weighted by Crippen LogP contribution is -2.31. The smallest absolute Gasteiger partial charge is 0.165 e. The molecule has 15 heavy (non-hydrogen) atoms. The highest BCUT2D eigenvalue weighted by atomic mass is 19.1. The van der Waals surface area contributed by atoms with Gasteiger partial charge in [0.25, 0.3) is 0 Å². The molecule has 0 radical (unpaired) electrons. The molecule has 1 aromatic rings. The second-order valence-electron chi connectivity index (χ2n) is 3.44. The molecule has 1 rings (SSSR count). The van der Waals surface area contributed by atoms with Gasteiger partial charge >= 0.3 is 0 Å². The molecule has 2 N–H and O–H groups in total. The Bertz CT molecular complexity index is 291. The molecule has 4 heteroatoms. The second-order valence-corrected chi connectivity index (χ2v) is 3.44. The van der Waals surface area contributed by atoms with E-state index in [9.17, 15) is 4.39 Å². The summed E-state index contributed by atoms with van der Waals surface area (Å²) in [5, 5.41) is 0. The molecular weight excluding hydrogens is 193 g/mol. The van der Waals surface area contributed by atoms with Crippen molar-refractivity contribution in [3.63, 3.8) is 0 Å². The highest BCUT2D eigenvalue weighted by molar-refractivity contribution is 5.39. The lowest BCUT2D eigenvalue weighted by atomic mass is 10.3. The summed E-state index contributed by atoms with van der Waals surface area (Å²) in [4.78, 5) is 5.95. The van der Waals surface area contributed by atoms with Crippen LogP contribution in [-0.4, -0.2) is 24.6 Å². The molecule has 0 fully saturated rings. The van der Waals surface area contributed by atoms with Crippen molar-refractivity contribution >= 4 is 5.82 Å². The van der Waals surface area contributed by atoms with Crippen LogP contribution in [0.15, 0.2) is 18.3 Å². The maximum absolute atomic E-state index is 13.4. The number of anilines is 1. The van der Waals surface area contributed by atoms with Crippen LogP contribution in [0.25, 0.3) is 0 Å². The van der Waals surface area contributed by atoms with E-state index < -0.39 is 0 Å². The first-order chi connectivity index (χ1) is 7.29. The van der Waals surface area contributed by atoms with Gasteiger partial charge in [-0.3, -0.25) is 0 Å². The number of unbranched alkanes of at least 4 members (excludes halogenated alkanes) is 1. The van der Waals surface area contributed by atoms with E-state index in [4.69, 9.17) is 5.73 Å². The predicted octanol–water partition coefficient (Wildman–Crippen LogP) is 1.79. The Hall–Kier alpha value is -1.16. The van der Waals surface area contributed by atoms with Crippen LogP contribution in [0.2, 0.25) is 0 Å². The number of pyridine rings is 1. The van der Waals surface area contributed by atoms with Crippen LogP contribution in [-0.2, 0) is 0 Å². The molecule has 84 valence electrons. The maximum Gasteiger partial charge on any atom is 0.165 e. The number of rotatable bonds is 6. The fourth-order valence-corrected chi connectivity index (χ4v) is 1.44. The van der Waals surface area contributed by atoms with Crippen LogP contribution in [0.4, 0.5) is 10.2 Å². The molecule has 0 amide bonds. The monoisotopic (exact) mass is 211 g/mol. The number of hydrogen-bond acceptors (Lipinski definition) is 3. The van der Waals surface area contributed by atoms with Gasteiger partial charge in [0.1, 0.15) is 0 Å². The highest BCUT2D eigenvalue weighted by Crippen LogP contribution is 2.15. The van der Waals surface area contributed by atoms with Crippen molar-refractivity contribution in [1.29, 1.82) is 0 Å². The molecule has 0 aliphatic heterocycles. The summed E-state index contributed by atoms with van der Waals surface area (Å²) in [7, 11) is 0. The Kier molecular flexibility index (Phi) is 5.04. The van der Waals surface area contributed by atoms with Crippen molar-refractivity contribution in [2.45, 2.75) is 19.8 Å². The van der Waals surface area contributed by atoms with E-state index >= 15 is 0 Å². The van der Waals surface area contributed by atoms with E-state index in [1.165, 1.54) is 6.07 Å². The van der Waals surface area contributed by atoms with Gasteiger partial charge in [-0.15, -0.1) is 0 Å². The Balaban J connectivity index is 2.74. The van der Waals surface area contributed by atoms with Gasteiger partial charge < -0.3 is 10.6 Å². The van der Waals surface area contributed by atoms with Crippen LogP contribution < -0.4 is 10.6 Å². The molecular formula is C11H18FN3. The SMILES string of the molecule is CCCCN(CCN)c1ncccc1F. The fraction of sp³-hybridized carbons (Fsp3) is 0.545. The Morgan fingerprint density at radius 1 is 1.47 bits per heavy atom. The standard InChI is InChI=1S/C11H18FN3/c1-2-3-8-15(9-6-13)11-10(12)5-4-7-14-11/h4-5,7H,2-3,6,8-9,13H2,1H3. The second kappa shape index (κ2) is 6.35. The lowest BCUT2D eigenvalue weighted by molar-refractivity contribution is 0.602. The number of aromatic nitrogens is 1. The van der Waals surface area contributed by atoms with Gasteiger partial charge in [-0.05, 0) is 18.6 Å². The molecule has 0 spiro atoms. The lowest BCUT2D eigenvalue weighted by Gasteiger charge is -2.22. The van der Waals surface area contributed by atoms with Crippen LogP contribution in [0, 0.1) is 5.82 Å². The quantitative estimate of drug-likeness (QED) is 0.780. The van der Waals surface area contributed by atoms with Crippen molar-refractivity contribution in [2.75, 3.05) is 24.5 Å². The Morgan fingerprint density at radius 3 is 2.87 bits per heavy atom. The van der Waals surface area contributed by atoms with Gasteiger partial charge in [0.2, 0.25) is 0 Å². The Morgan fingerprint density at radius 2 is 2.27 bits per heavy atom. The molecule has 0 saturated heterocycles. The molecule has 0 aliphatic rings. The van der Waals surface area contributed by atoms with Crippen LogP contribution in [0.5, 0.6) is 0 Å².